The fourth-order valence-corrected chi connectivity index (χ4v) is 2.39. The first-order valence-electron chi connectivity index (χ1n) is 5.97. The number of hydrogen-bond acceptors (Lipinski definition) is 7. The third-order valence-electron chi connectivity index (χ3n) is 2.39. The molecule has 0 spiro atoms. The van der Waals surface area contributed by atoms with Gasteiger partial charge in [0.05, 0.1) is 42.4 Å². The van der Waals surface area contributed by atoms with Crippen LogP contribution in [0.15, 0.2) is 23.1 Å². The molecule has 11 heteroatoms. The molecule has 0 radical (unpaired) electrons. The van der Waals surface area contributed by atoms with Crippen LogP contribution in [0.3, 0.4) is 0 Å². The molecule has 1 aromatic carbocycles. The van der Waals surface area contributed by atoms with Gasteiger partial charge in [0.1, 0.15) is 0 Å². The Morgan fingerprint density at radius 1 is 0.957 bits per heavy atom. The van der Waals surface area contributed by atoms with Gasteiger partial charge in [0, 0.05) is 0 Å². The van der Waals surface area contributed by atoms with Crippen LogP contribution in [0.25, 0.3) is 0 Å². The molecule has 0 fully saturated rings. The van der Waals surface area contributed by atoms with Crippen LogP contribution in [-0.2, 0) is 19.0 Å². The summed E-state index contributed by atoms with van der Waals surface area (Å²) in [6.07, 6.45) is 0. The number of aromatic carboxylic acids is 2. The second-order valence-electron chi connectivity index (χ2n) is 3.97. The van der Waals surface area contributed by atoms with E-state index in [0.29, 0.717) is 0 Å². The molecule has 3 N–H and O–H groups in total. The maximum atomic E-state index is 11.9. The molecule has 0 saturated carbocycles. The summed E-state index contributed by atoms with van der Waals surface area (Å²) in [7, 11) is -4.33. The Morgan fingerprint density at radius 3 is 1.91 bits per heavy atom. The quantitative estimate of drug-likeness (QED) is 0.291. The van der Waals surface area contributed by atoms with Gasteiger partial charge in [0.25, 0.3) is 10.1 Å². The molecule has 0 unspecified atom stereocenters. The van der Waals surface area contributed by atoms with E-state index in [9.17, 15) is 18.0 Å². The number of carbonyl (C=O) groups is 2. The number of rotatable bonds is 9. The standard InChI is InChI=1S/C12H14O9S.Na.H/c13-1-2-20-3-4-21-22(18,19)10-6-8(11(14)15)5-9(7-10)12(16)17;;/h5-7,13H,1-4H2,(H,14,15)(H,16,17);;. The summed E-state index contributed by atoms with van der Waals surface area (Å²) < 4.78 is 33.2. The van der Waals surface area contributed by atoms with Crippen LogP contribution in [0.5, 0.6) is 0 Å². The molecule has 0 aromatic heterocycles. The van der Waals surface area contributed by atoms with Crippen molar-refractivity contribution in [3.05, 3.63) is 29.3 Å². The molecular formula is C12H15NaO9S. The van der Waals surface area contributed by atoms with Crippen molar-refractivity contribution in [1.82, 2.24) is 0 Å². The summed E-state index contributed by atoms with van der Waals surface area (Å²) in [5.41, 5.74) is -0.975. The predicted octanol–water partition coefficient (Wildman–Crippen LogP) is -0.851. The molecule has 1 rings (SSSR count). The van der Waals surface area contributed by atoms with E-state index in [1.54, 1.807) is 0 Å². The van der Waals surface area contributed by atoms with Crippen LogP contribution in [0.2, 0.25) is 0 Å². The Balaban J connectivity index is 0.00000484. The summed E-state index contributed by atoms with van der Waals surface area (Å²) in [6.45, 7) is -0.678. The summed E-state index contributed by atoms with van der Waals surface area (Å²) in [4.78, 5) is 21.3. The zero-order valence-corrected chi connectivity index (χ0v) is 12.1. The van der Waals surface area contributed by atoms with Crippen molar-refractivity contribution in [2.24, 2.45) is 0 Å². The summed E-state index contributed by atoms with van der Waals surface area (Å²) in [5, 5.41) is 26.2. The van der Waals surface area contributed by atoms with Crippen molar-refractivity contribution in [2.45, 2.75) is 4.90 Å². The Hall–Kier alpha value is -1.01. The second-order valence-corrected chi connectivity index (χ2v) is 5.58. The molecule has 0 heterocycles. The topological polar surface area (TPSA) is 147 Å². The third kappa shape index (κ3) is 6.96. The first-order valence-corrected chi connectivity index (χ1v) is 7.38. The van der Waals surface area contributed by atoms with E-state index in [4.69, 9.17) is 20.1 Å². The van der Waals surface area contributed by atoms with Gasteiger partial charge in [-0.2, -0.15) is 8.42 Å². The first-order chi connectivity index (χ1) is 10.3. The fraction of sp³-hybridized carbons (Fsp3) is 0.333. The molecule has 0 aliphatic carbocycles. The average Bonchev–Trinajstić information content (AvgIpc) is 2.46. The van der Waals surface area contributed by atoms with E-state index in [1.165, 1.54) is 0 Å². The van der Waals surface area contributed by atoms with Crippen LogP contribution in [0.4, 0.5) is 0 Å². The van der Waals surface area contributed by atoms with Gasteiger partial charge in [-0.1, -0.05) is 0 Å². The Morgan fingerprint density at radius 2 is 1.48 bits per heavy atom. The second kappa shape index (κ2) is 9.98. The summed E-state index contributed by atoms with van der Waals surface area (Å²) in [6, 6.07) is 2.45. The van der Waals surface area contributed by atoms with Gasteiger partial charge in [0.15, 0.2) is 0 Å². The van der Waals surface area contributed by atoms with E-state index in [2.05, 4.69) is 4.18 Å². The van der Waals surface area contributed by atoms with Gasteiger partial charge in [-0.3, -0.25) is 4.18 Å². The SMILES string of the molecule is O=C(O)c1cc(C(=O)O)cc(S(=O)(=O)OCCOCCO)c1.[NaH]. The van der Waals surface area contributed by atoms with Crippen molar-refractivity contribution in [3.63, 3.8) is 0 Å². The van der Waals surface area contributed by atoms with Gasteiger partial charge >= 0.3 is 41.5 Å². The molecule has 0 aliphatic heterocycles. The zero-order valence-electron chi connectivity index (χ0n) is 11.3. The third-order valence-corrected chi connectivity index (χ3v) is 3.68. The number of hydrogen-bond donors (Lipinski definition) is 3. The van der Waals surface area contributed by atoms with Crippen LogP contribution in [0.1, 0.15) is 20.7 Å². The minimum atomic E-state index is -4.33. The summed E-state index contributed by atoms with van der Waals surface area (Å²) >= 11 is 0. The van der Waals surface area contributed by atoms with Crippen molar-refractivity contribution in [2.75, 3.05) is 26.4 Å². The molecule has 1 aromatic rings. The van der Waals surface area contributed by atoms with Gasteiger partial charge in [-0.25, -0.2) is 9.59 Å². The maximum absolute atomic E-state index is 11.9. The minimum absolute atomic E-state index is 0. The molecule has 0 aliphatic rings. The number of benzene rings is 1. The Labute approximate surface area is 154 Å². The molecule has 0 bridgehead atoms. The van der Waals surface area contributed by atoms with Crippen molar-refractivity contribution >= 4 is 51.6 Å². The predicted molar refractivity (Wildman–Crippen MR) is 78.6 cm³/mol. The molecule has 0 atom stereocenters. The molecule has 23 heavy (non-hydrogen) atoms. The van der Waals surface area contributed by atoms with Gasteiger partial charge in [-0.05, 0) is 18.2 Å². The fourth-order valence-electron chi connectivity index (χ4n) is 1.43. The van der Waals surface area contributed by atoms with Crippen molar-refractivity contribution < 1.29 is 42.2 Å². The van der Waals surface area contributed by atoms with Crippen molar-refractivity contribution in [1.29, 1.82) is 0 Å². The zero-order chi connectivity index (χ0) is 16.8. The molecule has 0 amide bonds. The van der Waals surface area contributed by atoms with Crippen LogP contribution in [-0.4, -0.2) is 91.7 Å². The number of ether oxygens (including phenoxy) is 1. The summed E-state index contributed by atoms with van der Waals surface area (Å²) in [5.74, 6) is -2.93. The number of aliphatic hydroxyl groups is 1. The molecule has 9 nitrogen and oxygen atoms in total. The Kier molecular flexibility index (Phi) is 9.54. The van der Waals surface area contributed by atoms with Crippen molar-refractivity contribution in [3.8, 4) is 0 Å². The van der Waals surface area contributed by atoms with E-state index >= 15 is 0 Å². The first kappa shape index (κ1) is 22.0. The van der Waals surface area contributed by atoms with Crippen LogP contribution in [0, 0.1) is 0 Å². The van der Waals surface area contributed by atoms with E-state index in [0.717, 1.165) is 18.2 Å². The normalized spacial score (nSPS) is 10.8. The van der Waals surface area contributed by atoms with E-state index in [-0.39, 0.29) is 56.0 Å². The van der Waals surface area contributed by atoms with Gasteiger partial charge in [-0.15, -0.1) is 0 Å². The molecular weight excluding hydrogens is 343 g/mol. The average molecular weight is 358 g/mol. The number of carboxylic acid groups (broad SMARTS) is 2. The van der Waals surface area contributed by atoms with E-state index in [1.807, 2.05) is 0 Å². The van der Waals surface area contributed by atoms with Crippen LogP contribution < -0.4 is 0 Å². The Bertz CT molecular complexity index is 624. The van der Waals surface area contributed by atoms with E-state index < -0.39 is 38.1 Å². The monoisotopic (exact) mass is 358 g/mol. The van der Waals surface area contributed by atoms with Crippen LogP contribution >= 0.6 is 0 Å². The van der Waals surface area contributed by atoms with Gasteiger partial charge < -0.3 is 20.1 Å². The number of carboxylic acids is 2. The molecule has 0 saturated heterocycles. The molecule has 124 valence electrons. The number of aliphatic hydroxyl groups excluding tert-OH is 1. The van der Waals surface area contributed by atoms with Gasteiger partial charge in [0.2, 0.25) is 0 Å².